The smallest absolute Gasteiger partial charge is 0.264 e. The maximum absolute atomic E-state index is 14.2. The van der Waals surface area contributed by atoms with Gasteiger partial charge in [0, 0.05) is 6.20 Å². The lowest BCUT2D eigenvalue weighted by Crippen LogP contribution is -2.54. The molecule has 0 amide bonds. The van der Waals surface area contributed by atoms with Crippen LogP contribution >= 0.6 is 0 Å². The second-order valence-corrected chi connectivity index (χ2v) is 4.58. The summed E-state index contributed by atoms with van der Waals surface area (Å²) in [5.74, 6) is -2.88. The Bertz CT molecular complexity index is 588. The van der Waals surface area contributed by atoms with E-state index in [4.69, 9.17) is 22.0 Å². The van der Waals surface area contributed by atoms with Crippen LogP contribution in [-0.4, -0.2) is 56.4 Å². The molecule has 2 rings (SSSR count). The van der Waals surface area contributed by atoms with Gasteiger partial charge in [0.1, 0.15) is 12.4 Å². The summed E-state index contributed by atoms with van der Waals surface area (Å²) in [5.41, 5.74) is 2.68. The normalized spacial score (nSPS) is 39.8. The van der Waals surface area contributed by atoms with Crippen LogP contribution in [0.25, 0.3) is 0 Å². The van der Waals surface area contributed by atoms with E-state index >= 15 is 0 Å². The monoisotopic (exact) mass is 301 g/mol. The van der Waals surface area contributed by atoms with Crippen LogP contribution in [-0.2, 0) is 4.74 Å². The van der Waals surface area contributed by atoms with E-state index < -0.39 is 42.1 Å². The van der Waals surface area contributed by atoms with Gasteiger partial charge in [-0.25, -0.2) is 13.8 Å². The van der Waals surface area contributed by atoms with Gasteiger partial charge in [-0.15, -0.1) is 6.42 Å². The molecule has 21 heavy (non-hydrogen) atoms. The molecule has 0 bridgehead atoms. The molecule has 4 atom stereocenters. The van der Waals surface area contributed by atoms with Crippen LogP contribution in [0.4, 0.5) is 8.78 Å². The first kappa shape index (κ1) is 15.4. The van der Waals surface area contributed by atoms with Crippen molar-refractivity contribution in [1.82, 2.24) is 4.90 Å². The molecule has 2 aliphatic heterocycles. The largest absolute Gasteiger partial charge is 0.390 e. The predicted octanol–water partition coefficient (Wildman–Crippen LogP) is -1.32. The first-order valence-corrected chi connectivity index (χ1v) is 5.74. The molecule has 2 aliphatic rings. The summed E-state index contributed by atoms with van der Waals surface area (Å²) < 4.78 is 32.5. The number of terminal acetylenes is 1. The lowest BCUT2D eigenvalue weighted by molar-refractivity contribution is -0.209. The third-order valence-corrected chi connectivity index (χ3v) is 3.25. The molecule has 0 saturated carbocycles. The fourth-order valence-electron chi connectivity index (χ4n) is 2.06. The summed E-state index contributed by atoms with van der Waals surface area (Å²) in [6.45, 7) is 2.17. The Balaban J connectivity index is 2.45. The maximum atomic E-state index is 14.2. The number of halogens is 2. The van der Waals surface area contributed by atoms with Crippen LogP contribution in [0.1, 0.15) is 0 Å². The number of aliphatic hydroxyl groups excluding tert-OH is 2. The molecule has 0 spiro atoms. The van der Waals surface area contributed by atoms with Gasteiger partial charge in [0.05, 0.1) is 0 Å². The molecule has 7 nitrogen and oxygen atoms in total. The van der Waals surface area contributed by atoms with E-state index in [2.05, 4.69) is 11.6 Å². The van der Waals surface area contributed by atoms with Gasteiger partial charge in [0.25, 0.3) is 5.85 Å². The summed E-state index contributed by atoms with van der Waals surface area (Å²) >= 11 is 0. The molecule has 9 heteroatoms. The Kier molecular flexibility index (Phi) is 3.51. The number of aliphatic hydroxyl groups is 3. The lowest BCUT2D eigenvalue weighted by Gasteiger charge is -2.34. The second kappa shape index (κ2) is 4.78. The number of alkyl halides is 1. The van der Waals surface area contributed by atoms with Crippen molar-refractivity contribution in [3.8, 4) is 12.3 Å². The number of aliphatic imine (C=N–C) groups is 1. The quantitative estimate of drug-likeness (QED) is 0.471. The maximum Gasteiger partial charge on any atom is 0.264 e. The van der Waals surface area contributed by atoms with Crippen LogP contribution in [0.15, 0.2) is 29.4 Å². The van der Waals surface area contributed by atoms with Gasteiger partial charge in [0.2, 0.25) is 5.60 Å². The average molecular weight is 301 g/mol. The van der Waals surface area contributed by atoms with Crippen molar-refractivity contribution in [3.63, 3.8) is 0 Å². The molecule has 0 aromatic carbocycles. The van der Waals surface area contributed by atoms with E-state index in [9.17, 15) is 19.0 Å². The highest BCUT2D eigenvalue weighted by molar-refractivity contribution is 5.96. The van der Waals surface area contributed by atoms with Gasteiger partial charge in [-0.3, -0.25) is 0 Å². The fraction of sp³-hybridized carbons (Fsp3) is 0.417. The molecule has 0 radical (unpaired) electrons. The van der Waals surface area contributed by atoms with Crippen molar-refractivity contribution in [2.75, 3.05) is 6.61 Å². The molecule has 1 unspecified atom stereocenters. The van der Waals surface area contributed by atoms with E-state index in [1.165, 1.54) is 0 Å². The van der Waals surface area contributed by atoms with E-state index in [1.807, 2.05) is 0 Å². The SMILES string of the molecule is C#CC1(O)[C@@H](O)[C@@](F)(CO)O[C@H]1N1C=C(F)C(N)=NC1=C. The Morgan fingerprint density at radius 2 is 2.29 bits per heavy atom. The van der Waals surface area contributed by atoms with E-state index in [0.29, 0.717) is 0 Å². The lowest BCUT2D eigenvalue weighted by atomic mass is 9.93. The summed E-state index contributed by atoms with van der Waals surface area (Å²) in [6.07, 6.45) is 1.84. The van der Waals surface area contributed by atoms with Crippen molar-refractivity contribution in [3.05, 3.63) is 24.4 Å². The number of hydrogen-bond donors (Lipinski definition) is 4. The number of nitrogens with two attached hydrogens (primary N) is 1. The van der Waals surface area contributed by atoms with Crippen LogP contribution in [0.3, 0.4) is 0 Å². The van der Waals surface area contributed by atoms with E-state index in [-0.39, 0.29) is 5.82 Å². The summed E-state index contributed by atoms with van der Waals surface area (Å²) in [6, 6.07) is 0. The number of ether oxygens (including phenoxy) is 1. The first-order chi connectivity index (χ1) is 9.69. The molecule has 2 heterocycles. The van der Waals surface area contributed by atoms with Crippen LogP contribution in [0, 0.1) is 12.3 Å². The zero-order chi connectivity index (χ0) is 16.0. The van der Waals surface area contributed by atoms with Crippen molar-refractivity contribution in [1.29, 1.82) is 0 Å². The van der Waals surface area contributed by atoms with Gasteiger partial charge in [-0.2, -0.15) is 0 Å². The highest BCUT2D eigenvalue weighted by atomic mass is 19.2. The van der Waals surface area contributed by atoms with Gasteiger partial charge < -0.3 is 30.7 Å². The Morgan fingerprint density at radius 1 is 1.67 bits per heavy atom. The molecular formula is C12H13F2N3O4. The summed E-state index contributed by atoms with van der Waals surface area (Å²) in [5, 5.41) is 29.0. The van der Waals surface area contributed by atoms with Crippen molar-refractivity contribution in [2.24, 2.45) is 10.7 Å². The molecule has 0 aromatic heterocycles. The minimum atomic E-state index is -3.02. The number of nitrogens with zero attached hydrogens (tertiary/aromatic N) is 2. The summed E-state index contributed by atoms with van der Waals surface area (Å²) in [7, 11) is 0. The van der Waals surface area contributed by atoms with Gasteiger partial charge in [0.15, 0.2) is 24.0 Å². The van der Waals surface area contributed by atoms with Gasteiger partial charge in [-0.1, -0.05) is 12.5 Å². The molecule has 1 saturated heterocycles. The van der Waals surface area contributed by atoms with Gasteiger partial charge in [-0.05, 0) is 0 Å². The number of hydrogen-bond acceptors (Lipinski definition) is 7. The minimum absolute atomic E-state index is 0.193. The van der Waals surface area contributed by atoms with Crippen molar-refractivity contribution >= 4 is 5.84 Å². The highest BCUT2D eigenvalue weighted by Gasteiger charge is 2.65. The van der Waals surface area contributed by atoms with Crippen molar-refractivity contribution in [2.45, 2.75) is 23.8 Å². The average Bonchev–Trinajstić information content (AvgIpc) is 2.66. The first-order valence-electron chi connectivity index (χ1n) is 5.74. The van der Waals surface area contributed by atoms with Crippen LogP contribution in [0.2, 0.25) is 0 Å². The second-order valence-electron chi connectivity index (χ2n) is 4.58. The zero-order valence-corrected chi connectivity index (χ0v) is 10.7. The third kappa shape index (κ3) is 2.09. The Morgan fingerprint density at radius 3 is 2.81 bits per heavy atom. The van der Waals surface area contributed by atoms with E-state index in [1.54, 1.807) is 5.92 Å². The van der Waals surface area contributed by atoms with E-state index in [0.717, 1.165) is 11.1 Å². The van der Waals surface area contributed by atoms with Crippen molar-refractivity contribution < 1.29 is 28.8 Å². The zero-order valence-electron chi connectivity index (χ0n) is 10.7. The molecule has 0 aromatic rings. The standard InChI is InChI=1S/C12H13F2N3O4/c1-3-11(20)9(19)12(14,5-18)21-10(11)17-4-7(13)8(15)16-6(17)2/h1,4,9-10,18-20H,2,5H2,(H2,15,16)/t9-,10-,11?,12-/m1/s1. The van der Waals surface area contributed by atoms with Crippen LogP contribution in [0.5, 0.6) is 0 Å². The Hall–Kier alpha value is -1.99. The van der Waals surface area contributed by atoms with Gasteiger partial charge >= 0.3 is 0 Å². The molecule has 0 aliphatic carbocycles. The predicted molar refractivity (Wildman–Crippen MR) is 67.4 cm³/mol. The molecular weight excluding hydrogens is 288 g/mol. The topological polar surface area (TPSA) is 112 Å². The highest BCUT2D eigenvalue weighted by Crippen LogP contribution is 2.42. The number of rotatable bonds is 2. The molecule has 114 valence electrons. The van der Waals surface area contributed by atoms with Crippen LogP contribution < -0.4 is 5.73 Å². The Labute approximate surface area is 118 Å². The third-order valence-electron chi connectivity index (χ3n) is 3.25. The summed E-state index contributed by atoms with van der Waals surface area (Å²) in [4.78, 5) is 4.33. The number of amidine groups is 1. The minimum Gasteiger partial charge on any atom is -0.390 e. The fourth-order valence-corrected chi connectivity index (χ4v) is 2.06. The molecule has 1 fully saturated rings. The molecule has 5 N–H and O–H groups in total.